The maximum atomic E-state index is 12.8. The predicted octanol–water partition coefficient (Wildman–Crippen LogP) is 4.34. The van der Waals surface area contributed by atoms with Crippen LogP contribution >= 0.6 is 0 Å². The first-order chi connectivity index (χ1) is 19.0. The van der Waals surface area contributed by atoms with E-state index in [0.29, 0.717) is 49.0 Å². The third-order valence-corrected chi connectivity index (χ3v) is 5.86. The predicted molar refractivity (Wildman–Crippen MR) is 146 cm³/mol. The van der Waals surface area contributed by atoms with Crippen LogP contribution in [0.2, 0.25) is 0 Å². The number of methoxy groups -OCH3 is 3. The van der Waals surface area contributed by atoms with Gasteiger partial charge in [0.25, 0.3) is 0 Å². The van der Waals surface area contributed by atoms with Crippen LogP contribution in [0.3, 0.4) is 0 Å². The Morgan fingerprint density at radius 1 is 0.821 bits per heavy atom. The first-order valence-corrected chi connectivity index (χ1v) is 12.6. The van der Waals surface area contributed by atoms with Crippen LogP contribution in [0.1, 0.15) is 34.0 Å². The zero-order chi connectivity index (χ0) is 28.0. The highest BCUT2D eigenvalue weighted by Gasteiger charge is 2.24. The highest BCUT2D eigenvalue weighted by Crippen LogP contribution is 2.35. The molecule has 0 aliphatic rings. The molecule has 0 atom stereocenters. The Balaban J connectivity index is 1.61. The van der Waals surface area contributed by atoms with Gasteiger partial charge in [-0.2, -0.15) is 0 Å². The molecule has 1 N–H and O–H groups in total. The summed E-state index contributed by atoms with van der Waals surface area (Å²) in [5.41, 5.74) is 2.64. The number of hydrogen-bond acceptors (Lipinski definition) is 8. The summed E-state index contributed by atoms with van der Waals surface area (Å²) in [6, 6.07) is 18.9. The van der Waals surface area contributed by atoms with Crippen molar-refractivity contribution in [1.82, 2.24) is 5.32 Å². The van der Waals surface area contributed by atoms with Gasteiger partial charge in [0.2, 0.25) is 5.91 Å². The van der Waals surface area contributed by atoms with E-state index in [2.05, 4.69) is 5.32 Å². The van der Waals surface area contributed by atoms with Crippen molar-refractivity contribution in [2.75, 3.05) is 41.3 Å². The fourth-order valence-corrected chi connectivity index (χ4v) is 3.89. The summed E-state index contributed by atoms with van der Waals surface area (Å²) in [7, 11) is 4.29. The highest BCUT2D eigenvalue weighted by atomic mass is 16.7. The van der Waals surface area contributed by atoms with Crippen molar-refractivity contribution < 1.29 is 38.0 Å². The molecule has 3 aromatic rings. The van der Waals surface area contributed by atoms with Gasteiger partial charge in [0.1, 0.15) is 12.2 Å². The monoisotopic (exact) mass is 537 g/mol. The summed E-state index contributed by atoms with van der Waals surface area (Å²) in [6.07, 6.45) is 0.542. The third kappa shape index (κ3) is 8.38. The topological polar surface area (TPSA) is 102 Å². The zero-order valence-corrected chi connectivity index (χ0v) is 22.8. The Labute approximate surface area is 228 Å². The Kier molecular flexibility index (Phi) is 11.5. The number of rotatable bonds is 15. The average Bonchev–Trinajstić information content (AvgIpc) is 2.96. The van der Waals surface area contributed by atoms with E-state index in [1.807, 2.05) is 55.5 Å². The molecule has 0 aliphatic heterocycles. The number of esters is 1. The lowest BCUT2D eigenvalue weighted by Gasteiger charge is -2.17. The molecule has 0 fully saturated rings. The average molecular weight is 538 g/mol. The van der Waals surface area contributed by atoms with Gasteiger partial charge in [-0.15, -0.1) is 0 Å². The number of carbonyl (C=O) groups is 2. The molecule has 0 saturated carbocycles. The van der Waals surface area contributed by atoms with E-state index in [9.17, 15) is 9.59 Å². The highest BCUT2D eigenvalue weighted by molar-refractivity contribution is 5.97. The van der Waals surface area contributed by atoms with Crippen molar-refractivity contribution in [2.24, 2.45) is 0 Å². The van der Waals surface area contributed by atoms with Crippen LogP contribution in [0.15, 0.2) is 60.7 Å². The van der Waals surface area contributed by atoms with E-state index in [4.69, 9.17) is 28.4 Å². The number of hydrogen-bond donors (Lipinski definition) is 1. The summed E-state index contributed by atoms with van der Waals surface area (Å²) in [5.74, 6) is 0.899. The molecular formula is C30H35NO8. The van der Waals surface area contributed by atoms with Gasteiger partial charge in [0, 0.05) is 13.2 Å². The molecule has 0 saturated heterocycles. The minimum absolute atomic E-state index is 0.00176. The summed E-state index contributed by atoms with van der Waals surface area (Å²) in [4.78, 5) is 25.3. The van der Waals surface area contributed by atoms with E-state index in [1.165, 1.54) is 14.2 Å². The second kappa shape index (κ2) is 15.2. The lowest BCUT2D eigenvalue weighted by Crippen LogP contribution is -2.28. The SMILES string of the molecule is CCOCOc1ccc(CC(=O)NCCc2ccc(OCc3ccccc3)c(OC)c2)c(C(=O)OC)c1OC. The Bertz CT molecular complexity index is 1230. The number of amides is 1. The van der Waals surface area contributed by atoms with Gasteiger partial charge in [0.15, 0.2) is 29.8 Å². The van der Waals surface area contributed by atoms with E-state index in [1.54, 1.807) is 19.2 Å². The number of benzene rings is 3. The normalized spacial score (nSPS) is 10.5. The lowest BCUT2D eigenvalue weighted by atomic mass is 10.0. The van der Waals surface area contributed by atoms with Gasteiger partial charge >= 0.3 is 5.97 Å². The van der Waals surface area contributed by atoms with Gasteiger partial charge in [-0.3, -0.25) is 4.79 Å². The number of nitrogens with one attached hydrogen (secondary N) is 1. The summed E-state index contributed by atoms with van der Waals surface area (Å²) >= 11 is 0. The molecule has 0 bridgehead atoms. The first-order valence-electron chi connectivity index (χ1n) is 12.6. The fourth-order valence-electron chi connectivity index (χ4n) is 3.89. The van der Waals surface area contributed by atoms with Gasteiger partial charge in [-0.1, -0.05) is 42.5 Å². The molecule has 3 rings (SSSR count). The number of ether oxygens (including phenoxy) is 6. The standard InChI is InChI=1S/C30H35NO8/c1-5-37-20-39-25-14-12-23(28(29(25)35-3)30(33)36-4)18-27(32)31-16-15-21-11-13-24(26(17-21)34-2)38-19-22-9-7-6-8-10-22/h6-14,17H,5,15-16,18-20H2,1-4H3,(H,31,32). The Hall–Kier alpha value is -4.24. The third-order valence-electron chi connectivity index (χ3n) is 5.86. The molecule has 39 heavy (non-hydrogen) atoms. The van der Waals surface area contributed by atoms with Crippen LogP contribution in [0.25, 0.3) is 0 Å². The molecule has 0 aliphatic carbocycles. The molecular weight excluding hydrogens is 502 g/mol. The van der Waals surface area contributed by atoms with Crippen molar-refractivity contribution in [3.63, 3.8) is 0 Å². The largest absolute Gasteiger partial charge is 0.493 e. The quantitative estimate of drug-likeness (QED) is 0.174. The second-order valence-electron chi connectivity index (χ2n) is 8.41. The summed E-state index contributed by atoms with van der Waals surface area (Å²) in [5, 5.41) is 2.90. The molecule has 9 nitrogen and oxygen atoms in total. The first kappa shape index (κ1) is 29.3. The van der Waals surface area contributed by atoms with Crippen LogP contribution in [0.5, 0.6) is 23.0 Å². The van der Waals surface area contributed by atoms with Gasteiger partial charge < -0.3 is 33.7 Å². The fraction of sp³-hybridized carbons (Fsp3) is 0.333. The molecule has 9 heteroatoms. The van der Waals surface area contributed by atoms with Gasteiger partial charge in [-0.05, 0) is 48.2 Å². The van der Waals surface area contributed by atoms with Crippen LogP contribution in [-0.4, -0.2) is 53.2 Å². The van der Waals surface area contributed by atoms with Crippen molar-refractivity contribution in [1.29, 1.82) is 0 Å². The zero-order valence-electron chi connectivity index (χ0n) is 22.8. The maximum absolute atomic E-state index is 12.8. The Morgan fingerprint density at radius 2 is 1.59 bits per heavy atom. The minimum Gasteiger partial charge on any atom is -0.493 e. The molecule has 208 valence electrons. The molecule has 1 amide bonds. The summed E-state index contributed by atoms with van der Waals surface area (Å²) < 4.78 is 32.6. The van der Waals surface area contributed by atoms with Crippen LogP contribution in [-0.2, 0) is 33.7 Å². The molecule has 0 radical (unpaired) electrons. The van der Waals surface area contributed by atoms with Crippen molar-refractivity contribution in [3.05, 3.63) is 82.9 Å². The maximum Gasteiger partial charge on any atom is 0.342 e. The molecule has 0 heterocycles. The van der Waals surface area contributed by atoms with Crippen molar-refractivity contribution in [2.45, 2.75) is 26.4 Å². The van der Waals surface area contributed by atoms with E-state index in [0.717, 1.165) is 11.1 Å². The van der Waals surface area contributed by atoms with E-state index in [-0.39, 0.29) is 30.4 Å². The van der Waals surface area contributed by atoms with Crippen molar-refractivity contribution in [3.8, 4) is 23.0 Å². The van der Waals surface area contributed by atoms with Crippen LogP contribution in [0.4, 0.5) is 0 Å². The van der Waals surface area contributed by atoms with Gasteiger partial charge in [-0.25, -0.2) is 4.79 Å². The van der Waals surface area contributed by atoms with Crippen molar-refractivity contribution >= 4 is 11.9 Å². The molecule has 0 spiro atoms. The molecule has 3 aromatic carbocycles. The van der Waals surface area contributed by atoms with Gasteiger partial charge in [0.05, 0.1) is 27.8 Å². The molecule has 0 aromatic heterocycles. The number of carbonyl (C=O) groups excluding carboxylic acids is 2. The Morgan fingerprint density at radius 3 is 2.28 bits per heavy atom. The van der Waals surface area contributed by atoms with E-state index < -0.39 is 5.97 Å². The molecule has 0 unspecified atom stereocenters. The van der Waals surface area contributed by atoms with Crippen LogP contribution in [0, 0.1) is 0 Å². The lowest BCUT2D eigenvalue weighted by molar-refractivity contribution is -0.120. The van der Waals surface area contributed by atoms with E-state index >= 15 is 0 Å². The smallest absolute Gasteiger partial charge is 0.342 e. The minimum atomic E-state index is -0.627. The summed E-state index contributed by atoms with van der Waals surface area (Å²) in [6.45, 7) is 3.15. The second-order valence-corrected chi connectivity index (χ2v) is 8.41. The van der Waals surface area contributed by atoms with Crippen LogP contribution < -0.4 is 24.3 Å².